The van der Waals surface area contributed by atoms with Crippen LogP contribution in [-0.2, 0) is 4.74 Å². The van der Waals surface area contributed by atoms with Crippen LogP contribution in [0, 0.1) is 0 Å². The first kappa shape index (κ1) is 14.4. The lowest BCUT2D eigenvalue weighted by atomic mass is 10.1. The summed E-state index contributed by atoms with van der Waals surface area (Å²) in [5.41, 5.74) is 6.98. The molecule has 1 aliphatic heterocycles. The average Bonchev–Trinajstić information content (AvgIpc) is 2.92. The number of benzene rings is 1. The van der Waals surface area contributed by atoms with Crippen molar-refractivity contribution in [3.8, 4) is 0 Å². The second-order valence-electron chi connectivity index (χ2n) is 5.33. The van der Waals surface area contributed by atoms with E-state index in [0.717, 1.165) is 25.9 Å². The molecule has 2 unspecified atom stereocenters. The van der Waals surface area contributed by atoms with Gasteiger partial charge in [0.2, 0.25) is 0 Å². The van der Waals surface area contributed by atoms with E-state index in [-0.39, 0.29) is 6.10 Å². The van der Waals surface area contributed by atoms with Crippen molar-refractivity contribution in [3.05, 3.63) is 30.3 Å². The molecule has 0 aliphatic carbocycles. The molecule has 2 N–H and O–H groups in total. The number of nitrogens with zero attached hydrogens (tertiary/aromatic N) is 1. The second-order valence-corrected chi connectivity index (χ2v) is 5.33. The van der Waals surface area contributed by atoms with Crippen molar-refractivity contribution in [2.75, 3.05) is 24.5 Å². The largest absolute Gasteiger partial charge is 0.372 e. The van der Waals surface area contributed by atoms with Gasteiger partial charge < -0.3 is 15.4 Å². The van der Waals surface area contributed by atoms with Crippen molar-refractivity contribution in [2.45, 2.75) is 44.8 Å². The van der Waals surface area contributed by atoms with Gasteiger partial charge in [-0.3, -0.25) is 0 Å². The summed E-state index contributed by atoms with van der Waals surface area (Å²) in [5.74, 6) is 0. The highest BCUT2D eigenvalue weighted by Gasteiger charge is 2.25. The lowest BCUT2D eigenvalue weighted by Crippen LogP contribution is -2.34. The van der Waals surface area contributed by atoms with Crippen molar-refractivity contribution < 1.29 is 4.74 Å². The van der Waals surface area contributed by atoms with Crippen LogP contribution < -0.4 is 10.6 Å². The number of hydrogen-bond donors (Lipinski definition) is 1. The number of ether oxygens (including phenoxy) is 1. The monoisotopic (exact) mass is 262 g/mol. The molecule has 3 heteroatoms. The molecule has 0 spiro atoms. The molecule has 0 aromatic heterocycles. The maximum absolute atomic E-state index is 5.98. The molecule has 0 saturated carbocycles. The molecule has 19 heavy (non-hydrogen) atoms. The van der Waals surface area contributed by atoms with E-state index in [2.05, 4.69) is 42.2 Å². The van der Waals surface area contributed by atoms with Crippen LogP contribution in [0.1, 0.15) is 32.6 Å². The van der Waals surface area contributed by atoms with E-state index in [1.54, 1.807) is 0 Å². The number of hydrogen-bond acceptors (Lipinski definition) is 3. The number of para-hydroxylation sites is 1. The summed E-state index contributed by atoms with van der Waals surface area (Å²) >= 11 is 0. The van der Waals surface area contributed by atoms with Crippen molar-refractivity contribution >= 4 is 5.69 Å². The number of unbranched alkanes of at least 4 members (excludes halogenated alkanes) is 1. The van der Waals surface area contributed by atoms with Gasteiger partial charge in [-0.15, -0.1) is 0 Å². The van der Waals surface area contributed by atoms with Gasteiger partial charge in [-0.05, 0) is 31.4 Å². The third-order valence-electron chi connectivity index (χ3n) is 3.79. The summed E-state index contributed by atoms with van der Waals surface area (Å²) in [6, 6.07) is 10.6. The molecular weight excluding hydrogens is 236 g/mol. The summed E-state index contributed by atoms with van der Waals surface area (Å²) in [5, 5.41) is 0. The highest BCUT2D eigenvalue weighted by Crippen LogP contribution is 2.22. The molecule has 0 bridgehead atoms. The van der Waals surface area contributed by atoms with Gasteiger partial charge in [0.25, 0.3) is 0 Å². The Morgan fingerprint density at radius 1 is 1.21 bits per heavy atom. The fourth-order valence-corrected chi connectivity index (χ4v) is 2.65. The molecular formula is C16H26N2O. The Kier molecular flexibility index (Phi) is 5.67. The van der Waals surface area contributed by atoms with Gasteiger partial charge in [-0.1, -0.05) is 31.5 Å². The first-order valence-corrected chi connectivity index (χ1v) is 7.49. The lowest BCUT2D eigenvalue weighted by Gasteiger charge is -2.27. The van der Waals surface area contributed by atoms with Crippen LogP contribution in [0.2, 0.25) is 0 Å². The van der Waals surface area contributed by atoms with Crippen molar-refractivity contribution in [3.63, 3.8) is 0 Å². The van der Waals surface area contributed by atoms with E-state index < -0.39 is 0 Å². The molecule has 1 fully saturated rings. The molecule has 106 valence electrons. The Morgan fingerprint density at radius 2 is 1.95 bits per heavy atom. The van der Waals surface area contributed by atoms with Gasteiger partial charge in [0.1, 0.15) is 0 Å². The van der Waals surface area contributed by atoms with Crippen LogP contribution in [0.25, 0.3) is 0 Å². The SMILES string of the molecule is CCCCN(CC1CCC(CN)O1)c1ccccc1. The molecule has 1 aliphatic rings. The minimum atomic E-state index is 0.272. The van der Waals surface area contributed by atoms with Crippen LogP contribution in [0.5, 0.6) is 0 Å². The van der Waals surface area contributed by atoms with Gasteiger partial charge in [0, 0.05) is 25.3 Å². The van der Waals surface area contributed by atoms with E-state index in [0.29, 0.717) is 12.6 Å². The minimum Gasteiger partial charge on any atom is -0.372 e. The van der Waals surface area contributed by atoms with Crippen molar-refractivity contribution in [2.24, 2.45) is 5.73 Å². The summed E-state index contributed by atoms with van der Waals surface area (Å²) in [4.78, 5) is 2.45. The Labute approximate surface area is 116 Å². The number of nitrogens with two attached hydrogens (primary N) is 1. The van der Waals surface area contributed by atoms with E-state index in [1.165, 1.54) is 18.5 Å². The maximum atomic E-state index is 5.98. The van der Waals surface area contributed by atoms with Crippen molar-refractivity contribution in [1.29, 1.82) is 0 Å². The zero-order valence-electron chi connectivity index (χ0n) is 11.9. The van der Waals surface area contributed by atoms with E-state index >= 15 is 0 Å². The molecule has 0 radical (unpaired) electrons. The standard InChI is InChI=1S/C16H26N2O/c1-2-3-11-18(14-7-5-4-6-8-14)13-16-10-9-15(12-17)19-16/h4-8,15-16H,2-3,9-13,17H2,1H3. The molecule has 2 atom stereocenters. The quantitative estimate of drug-likeness (QED) is 0.821. The van der Waals surface area contributed by atoms with Gasteiger partial charge >= 0.3 is 0 Å². The van der Waals surface area contributed by atoms with Gasteiger partial charge in [0.05, 0.1) is 12.2 Å². The van der Waals surface area contributed by atoms with Gasteiger partial charge in [-0.25, -0.2) is 0 Å². The minimum absolute atomic E-state index is 0.272. The molecule has 1 heterocycles. The Bertz CT molecular complexity index is 355. The zero-order valence-corrected chi connectivity index (χ0v) is 11.9. The van der Waals surface area contributed by atoms with Crippen LogP contribution >= 0.6 is 0 Å². The molecule has 1 aromatic rings. The number of rotatable bonds is 7. The summed E-state index contributed by atoms with van der Waals surface area (Å²) in [6.07, 6.45) is 5.30. The predicted octanol–water partition coefficient (Wildman–Crippen LogP) is 2.80. The Morgan fingerprint density at radius 3 is 2.58 bits per heavy atom. The molecule has 2 rings (SSSR count). The van der Waals surface area contributed by atoms with E-state index in [1.807, 2.05) is 0 Å². The molecule has 1 aromatic carbocycles. The van der Waals surface area contributed by atoms with Crippen LogP contribution in [-0.4, -0.2) is 31.8 Å². The number of anilines is 1. The highest BCUT2D eigenvalue weighted by atomic mass is 16.5. The van der Waals surface area contributed by atoms with Crippen LogP contribution in [0.3, 0.4) is 0 Å². The topological polar surface area (TPSA) is 38.5 Å². The van der Waals surface area contributed by atoms with Gasteiger partial charge in [0.15, 0.2) is 0 Å². The molecule has 3 nitrogen and oxygen atoms in total. The third kappa shape index (κ3) is 4.22. The molecule has 0 amide bonds. The lowest BCUT2D eigenvalue weighted by molar-refractivity contribution is 0.0543. The van der Waals surface area contributed by atoms with Gasteiger partial charge in [-0.2, -0.15) is 0 Å². The summed E-state index contributed by atoms with van der Waals surface area (Å²) in [7, 11) is 0. The normalized spacial score (nSPS) is 22.6. The third-order valence-corrected chi connectivity index (χ3v) is 3.79. The average molecular weight is 262 g/mol. The van der Waals surface area contributed by atoms with Crippen molar-refractivity contribution in [1.82, 2.24) is 0 Å². The smallest absolute Gasteiger partial charge is 0.0755 e. The Hall–Kier alpha value is -1.06. The first-order chi connectivity index (χ1) is 9.33. The fraction of sp³-hybridized carbons (Fsp3) is 0.625. The summed E-state index contributed by atoms with van der Waals surface area (Å²) in [6.45, 7) is 4.98. The fourth-order valence-electron chi connectivity index (χ4n) is 2.65. The van der Waals surface area contributed by atoms with E-state index in [4.69, 9.17) is 10.5 Å². The summed E-state index contributed by atoms with van der Waals surface area (Å²) < 4.78 is 5.98. The zero-order chi connectivity index (χ0) is 13.5. The van der Waals surface area contributed by atoms with E-state index in [9.17, 15) is 0 Å². The second kappa shape index (κ2) is 7.51. The maximum Gasteiger partial charge on any atom is 0.0755 e. The Balaban J connectivity index is 1.94. The predicted molar refractivity (Wildman–Crippen MR) is 80.5 cm³/mol. The molecule has 1 saturated heterocycles. The van der Waals surface area contributed by atoms with Crippen LogP contribution in [0.4, 0.5) is 5.69 Å². The van der Waals surface area contributed by atoms with Crippen LogP contribution in [0.15, 0.2) is 30.3 Å². The first-order valence-electron chi connectivity index (χ1n) is 7.49. The highest BCUT2D eigenvalue weighted by molar-refractivity contribution is 5.46.